The fourth-order valence-corrected chi connectivity index (χ4v) is 1.05. The Kier molecular flexibility index (Phi) is 3.41. The maximum atomic E-state index is 10.6. The Labute approximate surface area is 80.5 Å². The van der Waals surface area contributed by atoms with Gasteiger partial charge in [-0.15, -0.1) is 0 Å². The molecule has 14 heavy (non-hydrogen) atoms. The molecule has 0 aliphatic heterocycles. The summed E-state index contributed by atoms with van der Waals surface area (Å²) in [6.45, 7) is 0.516. The molecule has 1 aromatic rings. The molecular weight excluding hydrogens is 188 g/mol. The Balaban J connectivity index is 2.71. The van der Waals surface area contributed by atoms with E-state index in [1.165, 1.54) is 10.9 Å². The summed E-state index contributed by atoms with van der Waals surface area (Å²) in [6.07, 6.45) is 1.91. The SMILES string of the molecule is Cn1cnc(NCCCO)c1[N+](=O)[O-]. The topological polar surface area (TPSA) is 93.2 Å². The van der Waals surface area contributed by atoms with Crippen molar-refractivity contribution in [1.82, 2.24) is 9.55 Å². The lowest BCUT2D eigenvalue weighted by atomic mass is 10.4. The van der Waals surface area contributed by atoms with Gasteiger partial charge in [-0.3, -0.25) is 0 Å². The van der Waals surface area contributed by atoms with Crippen LogP contribution in [0.3, 0.4) is 0 Å². The minimum atomic E-state index is -0.492. The second-order valence-electron chi connectivity index (χ2n) is 2.79. The fourth-order valence-electron chi connectivity index (χ4n) is 1.05. The number of hydrogen-bond donors (Lipinski definition) is 2. The van der Waals surface area contributed by atoms with E-state index in [1.807, 2.05) is 0 Å². The summed E-state index contributed by atoms with van der Waals surface area (Å²) < 4.78 is 1.33. The van der Waals surface area contributed by atoms with Gasteiger partial charge in [-0.2, -0.15) is 4.98 Å². The van der Waals surface area contributed by atoms with Crippen LogP contribution in [-0.4, -0.2) is 32.7 Å². The van der Waals surface area contributed by atoms with E-state index in [4.69, 9.17) is 5.11 Å². The first-order chi connectivity index (χ1) is 6.66. The van der Waals surface area contributed by atoms with Gasteiger partial charge in [0.2, 0.25) is 5.82 Å². The van der Waals surface area contributed by atoms with Crippen LogP contribution in [0.25, 0.3) is 0 Å². The predicted octanol–water partition coefficient (Wildman–Crippen LogP) is 0.123. The van der Waals surface area contributed by atoms with E-state index in [0.29, 0.717) is 13.0 Å². The number of anilines is 1. The smallest absolute Gasteiger partial charge is 0.366 e. The molecule has 0 saturated carbocycles. The third-order valence-electron chi connectivity index (χ3n) is 1.71. The molecule has 0 bridgehead atoms. The highest BCUT2D eigenvalue weighted by Gasteiger charge is 2.18. The van der Waals surface area contributed by atoms with Crippen molar-refractivity contribution in [2.75, 3.05) is 18.5 Å². The number of aliphatic hydroxyl groups is 1. The minimum Gasteiger partial charge on any atom is -0.396 e. The number of rotatable bonds is 5. The number of nitrogens with zero attached hydrogens (tertiary/aromatic N) is 3. The van der Waals surface area contributed by atoms with Gasteiger partial charge >= 0.3 is 5.82 Å². The molecule has 1 aromatic heterocycles. The highest BCUT2D eigenvalue weighted by molar-refractivity contribution is 5.51. The molecule has 7 nitrogen and oxygen atoms in total. The first-order valence-corrected chi connectivity index (χ1v) is 4.17. The van der Waals surface area contributed by atoms with Gasteiger partial charge in [0.25, 0.3) is 0 Å². The van der Waals surface area contributed by atoms with E-state index in [0.717, 1.165) is 0 Å². The van der Waals surface area contributed by atoms with Crippen LogP contribution in [0.2, 0.25) is 0 Å². The van der Waals surface area contributed by atoms with Gasteiger partial charge in [-0.25, -0.2) is 4.57 Å². The van der Waals surface area contributed by atoms with Crippen LogP contribution in [0.15, 0.2) is 6.33 Å². The highest BCUT2D eigenvalue weighted by Crippen LogP contribution is 2.20. The van der Waals surface area contributed by atoms with Crippen molar-refractivity contribution in [3.8, 4) is 0 Å². The first-order valence-electron chi connectivity index (χ1n) is 4.17. The van der Waals surface area contributed by atoms with Crippen molar-refractivity contribution in [2.24, 2.45) is 7.05 Å². The number of nitrogens with one attached hydrogen (secondary N) is 1. The van der Waals surface area contributed by atoms with Crippen molar-refractivity contribution < 1.29 is 10.0 Å². The van der Waals surface area contributed by atoms with E-state index < -0.39 is 4.92 Å². The number of hydrogen-bond acceptors (Lipinski definition) is 5. The summed E-state index contributed by atoms with van der Waals surface area (Å²) in [7, 11) is 1.56. The summed E-state index contributed by atoms with van der Waals surface area (Å²) in [5.41, 5.74) is 0. The maximum absolute atomic E-state index is 10.6. The highest BCUT2D eigenvalue weighted by atomic mass is 16.6. The standard InChI is InChI=1S/C7H12N4O3/c1-10-5-9-6(7(10)11(13)14)8-3-2-4-12/h5,8,12H,2-4H2,1H3. The Bertz CT molecular complexity index is 323. The third-order valence-corrected chi connectivity index (χ3v) is 1.71. The molecule has 0 aromatic carbocycles. The van der Waals surface area contributed by atoms with Gasteiger partial charge < -0.3 is 20.5 Å². The summed E-state index contributed by atoms with van der Waals surface area (Å²) in [6, 6.07) is 0. The molecular formula is C7H12N4O3. The molecule has 0 atom stereocenters. The largest absolute Gasteiger partial charge is 0.396 e. The summed E-state index contributed by atoms with van der Waals surface area (Å²) in [4.78, 5) is 13.9. The second-order valence-corrected chi connectivity index (χ2v) is 2.79. The van der Waals surface area contributed by atoms with Crippen LogP contribution >= 0.6 is 0 Å². The van der Waals surface area contributed by atoms with E-state index in [9.17, 15) is 10.1 Å². The molecule has 0 radical (unpaired) electrons. The van der Waals surface area contributed by atoms with Gasteiger partial charge in [0.1, 0.15) is 0 Å². The van der Waals surface area contributed by atoms with E-state index in [2.05, 4.69) is 10.3 Å². The van der Waals surface area contributed by atoms with Crippen molar-refractivity contribution in [2.45, 2.75) is 6.42 Å². The van der Waals surface area contributed by atoms with E-state index in [1.54, 1.807) is 7.05 Å². The lowest BCUT2D eigenvalue weighted by molar-refractivity contribution is -0.390. The summed E-state index contributed by atoms with van der Waals surface area (Å²) in [5.74, 6) is 0.175. The van der Waals surface area contributed by atoms with Crippen molar-refractivity contribution in [3.05, 3.63) is 16.4 Å². The van der Waals surface area contributed by atoms with Crippen LogP contribution in [0.4, 0.5) is 11.6 Å². The molecule has 78 valence electrons. The molecule has 0 amide bonds. The van der Waals surface area contributed by atoms with E-state index in [-0.39, 0.29) is 18.2 Å². The quantitative estimate of drug-likeness (QED) is 0.400. The Hall–Kier alpha value is -1.63. The third kappa shape index (κ3) is 2.19. The zero-order valence-corrected chi connectivity index (χ0v) is 7.80. The number of nitro groups is 1. The number of imidazole rings is 1. The van der Waals surface area contributed by atoms with Gasteiger partial charge in [-0.05, 0) is 11.3 Å². The summed E-state index contributed by atoms with van der Waals surface area (Å²) in [5, 5.41) is 21.9. The number of aliphatic hydroxyl groups excluding tert-OH is 1. The zero-order chi connectivity index (χ0) is 10.6. The Morgan fingerprint density at radius 2 is 2.50 bits per heavy atom. The molecule has 1 rings (SSSR count). The average molecular weight is 200 g/mol. The van der Waals surface area contributed by atoms with Crippen molar-refractivity contribution >= 4 is 11.6 Å². The number of aryl methyl sites for hydroxylation is 1. The molecule has 2 N–H and O–H groups in total. The van der Waals surface area contributed by atoms with Gasteiger partial charge in [-0.1, -0.05) is 0 Å². The molecule has 0 saturated heterocycles. The first kappa shape index (κ1) is 10.5. The number of aromatic nitrogens is 2. The molecule has 7 heteroatoms. The predicted molar refractivity (Wildman–Crippen MR) is 50.1 cm³/mol. The maximum Gasteiger partial charge on any atom is 0.366 e. The monoisotopic (exact) mass is 200 g/mol. The van der Waals surface area contributed by atoms with Gasteiger partial charge in [0.05, 0.1) is 7.05 Å². The molecule has 0 spiro atoms. The normalized spacial score (nSPS) is 10.1. The fraction of sp³-hybridized carbons (Fsp3) is 0.571. The molecule has 0 aliphatic carbocycles. The van der Waals surface area contributed by atoms with Crippen LogP contribution in [0.1, 0.15) is 6.42 Å². The van der Waals surface area contributed by atoms with Crippen molar-refractivity contribution in [1.29, 1.82) is 0 Å². The lowest BCUT2D eigenvalue weighted by Gasteiger charge is -2.01. The van der Waals surface area contributed by atoms with Crippen LogP contribution in [-0.2, 0) is 7.05 Å². The molecule has 0 fully saturated rings. The van der Waals surface area contributed by atoms with Crippen LogP contribution < -0.4 is 5.32 Å². The molecule has 1 heterocycles. The van der Waals surface area contributed by atoms with Gasteiger partial charge in [0, 0.05) is 13.2 Å². The minimum absolute atomic E-state index is 0.0492. The van der Waals surface area contributed by atoms with Gasteiger partial charge in [0.15, 0.2) is 6.33 Å². The van der Waals surface area contributed by atoms with E-state index >= 15 is 0 Å². The van der Waals surface area contributed by atoms with Crippen LogP contribution in [0, 0.1) is 10.1 Å². The zero-order valence-electron chi connectivity index (χ0n) is 7.80. The Morgan fingerprint density at radius 1 is 1.79 bits per heavy atom. The van der Waals surface area contributed by atoms with Crippen LogP contribution in [0.5, 0.6) is 0 Å². The summed E-state index contributed by atoms with van der Waals surface area (Å²) >= 11 is 0. The molecule has 0 aliphatic rings. The van der Waals surface area contributed by atoms with Crippen molar-refractivity contribution in [3.63, 3.8) is 0 Å². The Morgan fingerprint density at radius 3 is 3.07 bits per heavy atom. The molecule has 0 unspecified atom stereocenters. The average Bonchev–Trinajstić information content (AvgIpc) is 2.47. The lowest BCUT2D eigenvalue weighted by Crippen LogP contribution is -2.06. The second kappa shape index (κ2) is 4.56.